The Morgan fingerprint density at radius 1 is 1.11 bits per heavy atom. The molecule has 0 spiro atoms. The van der Waals surface area contributed by atoms with Gasteiger partial charge in [-0.2, -0.15) is 0 Å². The van der Waals surface area contributed by atoms with Gasteiger partial charge in [-0.05, 0) is 55.8 Å². The normalized spacial score (nSPS) is 34.3. The van der Waals surface area contributed by atoms with E-state index in [4.69, 9.17) is 9.47 Å². The molecule has 0 amide bonds. The Balaban J connectivity index is 1.53. The number of carbonyl (C=O) groups is 2. The average molecular weight is 533 g/mol. The van der Waals surface area contributed by atoms with Gasteiger partial charge in [0.1, 0.15) is 6.61 Å². The van der Waals surface area contributed by atoms with E-state index >= 15 is 0 Å². The maximum absolute atomic E-state index is 12.5. The predicted molar refractivity (Wildman–Crippen MR) is 149 cm³/mol. The summed E-state index contributed by atoms with van der Waals surface area (Å²) < 4.78 is 11.0. The second-order valence-corrected chi connectivity index (χ2v) is 12.6. The highest BCUT2D eigenvalue weighted by Crippen LogP contribution is 2.61. The Morgan fingerprint density at radius 3 is 2.42 bits per heavy atom. The van der Waals surface area contributed by atoms with Crippen LogP contribution in [0.25, 0.3) is 0 Å². The van der Waals surface area contributed by atoms with E-state index in [2.05, 4.69) is 20.4 Å². The smallest absolute Gasteiger partial charge is 0.337 e. The average Bonchev–Trinajstić information content (AvgIpc) is 3.23. The van der Waals surface area contributed by atoms with Crippen molar-refractivity contribution in [1.29, 1.82) is 0 Å². The van der Waals surface area contributed by atoms with Crippen molar-refractivity contribution < 1.29 is 29.3 Å². The van der Waals surface area contributed by atoms with E-state index in [0.717, 1.165) is 44.1 Å². The molecule has 0 aromatic carbocycles. The first kappa shape index (κ1) is 30.9. The Kier molecular flexibility index (Phi) is 11.5. The van der Waals surface area contributed by atoms with Crippen LogP contribution < -0.4 is 0 Å². The van der Waals surface area contributed by atoms with Crippen LogP contribution in [0.15, 0.2) is 23.8 Å². The van der Waals surface area contributed by atoms with E-state index < -0.39 is 23.6 Å². The van der Waals surface area contributed by atoms with Gasteiger partial charge in [-0.15, -0.1) is 0 Å². The molecule has 6 heteroatoms. The number of unbranched alkanes of at least 4 members (excludes halogenated alkanes) is 8. The summed E-state index contributed by atoms with van der Waals surface area (Å²) in [5, 5.41) is 21.0. The molecule has 3 fully saturated rings. The molecule has 0 aromatic rings. The molecule has 38 heavy (non-hydrogen) atoms. The molecular formula is C32H52O6. The third-order valence-electron chi connectivity index (χ3n) is 9.97. The van der Waals surface area contributed by atoms with Crippen molar-refractivity contribution in [2.45, 2.75) is 129 Å². The van der Waals surface area contributed by atoms with E-state index in [9.17, 15) is 19.8 Å². The molecule has 0 bridgehead atoms. The lowest BCUT2D eigenvalue weighted by atomic mass is 9.46. The number of rotatable bonds is 14. The Bertz CT molecular complexity index is 849. The van der Waals surface area contributed by atoms with Crippen LogP contribution in [0.4, 0.5) is 0 Å². The lowest BCUT2D eigenvalue weighted by Gasteiger charge is -2.59. The van der Waals surface area contributed by atoms with Crippen LogP contribution >= 0.6 is 0 Å². The molecule has 3 rings (SSSR count). The molecule has 1 saturated heterocycles. The minimum absolute atomic E-state index is 0.0436. The molecule has 0 unspecified atom stereocenters. The molecule has 216 valence electrons. The first-order valence-corrected chi connectivity index (χ1v) is 15.2. The van der Waals surface area contributed by atoms with Gasteiger partial charge in [0.25, 0.3) is 0 Å². The molecule has 0 aromatic heterocycles. The van der Waals surface area contributed by atoms with Gasteiger partial charge in [0.2, 0.25) is 0 Å². The van der Waals surface area contributed by atoms with Crippen molar-refractivity contribution in [2.75, 3.05) is 13.2 Å². The van der Waals surface area contributed by atoms with Gasteiger partial charge in [-0.3, -0.25) is 4.79 Å². The molecule has 1 heterocycles. The predicted octanol–water partition coefficient (Wildman–Crippen LogP) is 6.43. The van der Waals surface area contributed by atoms with E-state index in [0.29, 0.717) is 24.8 Å². The number of aliphatic hydroxyl groups excluding tert-OH is 2. The Labute approximate surface area is 230 Å². The largest absolute Gasteiger partial charge is 0.458 e. The van der Waals surface area contributed by atoms with Crippen molar-refractivity contribution in [3.63, 3.8) is 0 Å². The number of cyclic esters (lactones) is 1. The molecular weight excluding hydrogens is 480 g/mol. The number of ether oxygens (including phenoxy) is 2. The third-order valence-corrected chi connectivity index (χ3v) is 9.97. The van der Waals surface area contributed by atoms with Crippen LogP contribution in [0.2, 0.25) is 0 Å². The van der Waals surface area contributed by atoms with Gasteiger partial charge in [0.05, 0.1) is 18.3 Å². The quantitative estimate of drug-likeness (QED) is 0.116. The first-order valence-electron chi connectivity index (χ1n) is 15.2. The molecule has 1 aliphatic heterocycles. The van der Waals surface area contributed by atoms with Crippen LogP contribution in [0.5, 0.6) is 0 Å². The summed E-state index contributed by atoms with van der Waals surface area (Å²) in [4.78, 5) is 25.0. The first-order chi connectivity index (χ1) is 18.2. The van der Waals surface area contributed by atoms with Crippen LogP contribution in [0.1, 0.15) is 117 Å². The standard InChI is InChI=1S/C32H52O6/c1-5-6-7-8-9-10-11-12-13-14-29(35)38-26-21-37-30(36)24(26)16-17-25-23(2)15-18-27-31(25,3)20-19-28(34)32(27,4)22-33/h16,25-28,33-34H,2,5-15,17-22H2,1,3-4H3/b24-16+/t25-,26-,27+,28-,31+,32+/m1/s1. The highest BCUT2D eigenvalue weighted by atomic mass is 16.6. The van der Waals surface area contributed by atoms with Crippen LogP contribution in [-0.2, 0) is 19.1 Å². The van der Waals surface area contributed by atoms with Crippen molar-refractivity contribution in [2.24, 2.45) is 22.7 Å². The van der Waals surface area contributed by atoms with Gasteiger partial charge in [0.15, 0.2) is 6.10 Å². The van der Waals surface area contributed by atoms with Crippen LogP contribution in [-0.4, -0.2) is 47.6 Å². The molecule has 2 N–H and O–H groups in total. The van der Waals surface area contributed by atoms with E-state index in [-0.39, 0.29) is 36.4 Å². The maximum Gasteiger partial charge on any atom is 0.337 e. The Hall–Kier alpha value is -1.66. The zero-order chi connectivity index (χ0) is 27.8. The van der Waals surface area contributed by atoms with E-state index in [1.54, 1.807) is 0 Å². The summed E-state index contributed by atoms with van der Waals surface area (Å²) in [7, 11) is 0. The second-order valence-electron chi connectivity index (χ2n) is 12.6. The van der Waals surface area contributed by atoms with E-state index in [1.165, 1.54) is 38.5 Å². The number of carbonyl (C=O) groups excluding carboxylic acids is 2. The van der Waals surface area contributed by atoms with Gasteiger partial charge in [0, 0.05) is 11.8 Å². The molecule has 6 atom stereocenters. The van der Waals surface area contributed by atoms with Gasteiger partial charge < -0.3 is 19.7 Å². The topological polar surface area (TPSA) is 93.1 Å². The zero-order valence-corrected chi connectivity index (χ0v) is 24.1. The molecule has 0 radical (unpaired) electrons. The highest BCUT2D eigenvalue weighted by molar-refractivity contribution is 5.92. The fourth-order valence-corrected chi connectivity index (χ4v) is 7.45. The van der Waals surface area contributed by atoms with Gasteiger partial charge in [-0.25, -0.2) is 4.79 Å². The summed E-state index contributed by atoms with van der Waals surface area (Å²) in [6, 6.07) is 0. The van der Waals surface area contributed by atoms with Crippen molar-refractivity contribution in [3.05, 3.63) is 23.8 Å². The number of hydrogen-bond donors (Lipinski definition) is 2. The zero-order valence-electron chi connectivity index (χ0n) is 24.1. The van der Waals surface area contributed by atoms with Gasteiger partial charge >= 0.3 is 11.9 Å². The van der Waals surface area contributed by atoms with E-state index in [1.807, 2.05) is 13.0 Å². The van der Waals surface area contributed by atoms with Crippen molar-refractivity contribution >= 4 is 11.9 Å². The monoisotopic (exact) mass is 532 g/mol. The fourth-order valence-electron chi connectivity index (χ4n) is 7.45. The minimum atomic E-state index is -0.648. The lowest BCUT2D eigenvalue weighted by molar-refractivity contribution is -0.151. The van der Waals surface area contributed by atoms with Gasteiger partial charge in [-0.1, -0.05) is 90.4 Å². The van der Waals surface area contributed by atoms with Crippen molar-refractivity contribution in [1.82, 2.24) is 0 Å². The number of fused-ring (bicyclic) bond motifs is 1. The summed E-state index contributed by atoms with van der Waals surface area (Å²) in [5.41, 5.74) is 0.916. The summed E-state index contributed by atoms with van der Waals surface area (Å²) in [6.07, 6.45) is 15.6. The number of esters is 2. The summed E-state index contributed by atoms with van der Waals surface area (Å²) in [6.45, 7) is 10.9. The summed E-state index contributed by atoms with van der Waals surface area (Å²) >= 11 is 0. The highest BCUT2D eigenvalue weighted by Gasteiger charge is 2.57. The Morgan fingerprint density at radius 2 is 1.76 bits per heavy atom. The third kappa shape index (κ3) is 7.10. The summed E-state index contributed by atoms with van der Waals surface area (Å²) in [5.74, 6) is -0.388. The molecule has 6 nitrogen and oxygen atoms in total. The number of allylic oxidation sites excluding steroid dienone is 2. The SMILES string of the molecule is C=C1CC[C@@H]2[C@](C)(CO)[C@H](O)CC[C@@]2(C)[C@@H]1C/C=C1/C(=O)OC[C@H]1OC(=O)CCCCCCCCCCC. The number of hydrogen-bond acceptors (Lipinski definition) is 6. The fraction of sp³-hybridized carbons (Fsp3) is 0.812. The maximum atomic E-state index is 12.5. The molecule has 2 saturated carbocycles. The lowest BCUT2D eigenvalue weighted by Crippen LogP contribution is -2.57. The van der Waals surface area contributed by atoms with Crippen molar-refractivity contribution in [3.8, 4) is 0 Å². The van der Waals surface area contributed by atoms with Crippen LogP contribution in [0.3, 0.4) is 0 Å². The minimum Gasteiger partial charge on any atom is -0.458 e. The second kappa shape index (κ2) is 14.1. The van der Waals surface area contributed by atoms with Crippen LogP contribution in [0, 0.1) is 22.7 Å². The molecule has 2 aliphatic carbocycles. The number of aliphatic hydroxyl groups is 2. The molecule has 3 aliphatic rings.